The number of nitrogens with two attached hydrogens (primary N) is 1. The van der Waals surface area contributed by atoms with E-state index in [1.165, 1.54) is 6.07 Å². The molecule has 0 aromatic heterocycles. The number of rotatable bonds is 5. The minimum absolute atomic E-state index is 0.138. The molecular formula is C20H16F2N2O2. The SMILES string of the molecule is NC(=O)[C@H](Cc1cccc2ccccc12)NC(=O)c1cccc(F)c1F. The molecule has 0 aliphatic heterocycles. The zero-order chi connectivity index (χ0) is 18.7. The largest absolute Gasteiger partial charge is 0.368 e. The van der Waals surface area contributed by atoms with Crippen LogP contribution in [0.2, 0.25) is 0 Å². The van der Waals surface area contributed by atoms with Crippen molar-refractivity contribution >= 4 is 22.6 Å². The summed E-state index contributed by atoms with van der Waals surface area (Å²) < 4.78 is 27.1. The number of amides is 2. The molecule has 3 aromatic rings. The van der Waals surface area contributed by atoms with Gasteiger partial charge in [0.25, 0.3) is 5.91 Å². The molecule has 3 rings (SSSR count). The normalized spacial score (nSPS) is 11.9. The molecule has 4 nitrogen and oxygen atoms in total. The third kappa shape index (κ3) is 3.54. The quantitative estimate of drug-likeness (QED) is 0.739. The minimum Gasteiger partial charge on any atom is -0.368 e. The predicted molar refractivity (Wildman–Crippen MR) is 94.5 cm³/mol. The van der Waals surface area contributed by atoms with Crippen molar-refractivity contribution in [3.63, 3.8) is 0 Å². The second-order valence-corrected chi connectivity index (χ2v) is 5.87. The Morgan fingerprint density at radius 2 is 1.65 bits per heavy atom. The molecule has 3 aromatic carbocycles. The standard InChI is InChI=1S/C20H16F2N2O2/c21-16-10-4-9-15(18(16)22)20(26)24-17(19(23)25)11-13-7-3-6-12-5-1-2-8-14(12)13/h1-10,17H,11H2,(H2,23,25)(H,24,26)/t17-/m0/s1. The van der Waals surface area contributed by atoms with E-state index in [0.717, 1.165) is 28.5 Å². The van der Waals surface area contributed by atoms with E-state index in [2.05, 4.69) is 5.32 Å². The fourth-order valence-corrected chi connectivity index (χ4v) is 2.83. The van der Waals surface area contributed by atoms with Gasteiger partial charge in [-0.05, 0) is 28.5 Å². The lowest BCUT2D eigenvalue weighted by molar-refractivity contribution is -0.119. The highest BCUT2D eigenvalue weighted by Crippen LogP contribution is 2.20. The highest BCUT2D eigenvalue weighted by molar-refractivity contribution is 5.98. The molecule has 0 fully saturated rings. The summed E-state index contributed by atoms with van der Waals surface area (Å²) in [5, 5.41) is 4.30. The fraction of sp³-hybridized carbons (Fsp3) is 0.100. The molecule has 2 amide bonds. The zero-order valence-corrected chi connectivity index (χ0v) is 13.7. The van der Waals surface area contributed by atoms with Crippen molar-refractivity contribution in [2.75, 3.05) is 0 Å². The van der Waals surface area contributed by atoms with Crippen LogP contribution in [0, 0.1) is 11.6 Å². The van der Waals surface area contributed by atoms with Gasteiger partial charge >= 0.3 is 0 Å². The van der Waals surface area contributed by atoms with Gasteiger partial charge in [0.2, 0.25) is 5.91 Å². The molecule has 0 heterocycles. The maximum Gasteiger partial charge on any atom is 0.255 e. The summed E-state index contributed by atoms with van der Waals surface area (Å²) in [7, 11) is 0. The van der Waals surface area contributed by atoms with E-state index in [1.807, 2.05) is 42.5 Å². The summed E-state index contributed by atoms with van der Waals surface area (Å²) in [5.41, 5.74) is 5.74. The third-order valence-electron chi connectivity index (χ3n) is 4.15. The average molecular weight is 354 g/mol. The Balaban J connectivity index is 1.87. The van der Waals surface area contributed by atoms with Gasteiger partial charge in [0.15, 0.2) is 11.6 Å². The summed E-state index contributed by atoms with van der Waals surface area (Å²) in [6, 6.07) is 15.4. The lowest BCUT2D eigenvalue weighted by Crippen LogP contribution is -2.46. The molecule has 0 aliphatic rings. The first-order valence-electron chi connectivity index (χ1n) is 7.98. The Morgan fingerprint density at radius 3 is 2.42 bits per heavy atom. The second kappa shape index (κ2) is 7.31. The van der Waals surface area contributed by atoms with Crippen molar-refractivity contribution in [1.82, 2.24) is 5.32 Å². The first-order valence-corrected chi connectivity index (χ1v) is 7.98. The summed E-state index contributed by atoms with van der Waals surface area (Å²) in [4.78, 5) is 24.1. The second-order valence-electron chi connectivity index (χ2n) is 5.87. The van der Waals surface area contributed by atoms with E-state index >= 15 is 0 Å². The molecule has 0 unspecified atom stereocenters. The molecule has 6 heteroatoms. The molecule has 1 atom stereocenters. The van der Waals surface area contributed by atoms with Crippen molar-refractivity contribution in [1.29, 1.82) is 0 Å². The van der Waals surface area contributed by atoms with E-state index in [0.29, 0.717) is 0 Å². The predicted octanol–water partition coefficient (Wildman–Crippen LogP) is 2.94. The van der Waals surface area contributed by atoms with Crippen molar-refractivity contribution < 1.29 is 18.4 Å². The molecule has 0 spiro atoms. The summed E-state index contributed by atoms with van der Waals surface area (Å²) in [6.45, 7) is 0. The van der Waals surface area contributed by atoms with E-state index in [9.17, 15) is 18.4 Å². The number of hydrogen-bond acceptors (Lipinski definition) is 2. The summed E-state index contributed by atoms with van der Waals surface area (Å²) >= 11 is 0. The Kier molecular flexibility index (Phi) is 4.93. The number of primary amides is 1. The van der Waals surface area contributed by atoms with Crippen LogP contribution in [0.5, 0.6) is 0 Å². The first kappa shape index (κ1) is 17.5. The van der Waals surface area contributed by atoms with Crippen LogP contribution in [0.1, 0.15) is 15.9 Å². The Bertz CT molecular complexity index is 983. The zero-order valence-electron chi connectivity index (χ0n) is 13.7. The number of carbonyl (C=O) groups excluding carboxylic acids is 2. The van der Waals surface area contributed by atoms with Gasteiger partial charge in [-0.25, -0.2) is 8.78 Å². The molecule has 26 heavy (non-hydrogen) atoms. The van der Waals surface area contributed by atoms with Gasteiger partial charge in [-0.15, -0.1) is 0 Å². The van der Waals surface area contributed by atoms with Gasteiger partial charge in [0.1, 0.15) is 6.04 Å². The van der Waals surface area contributed by atoms with Crippen LogP contribution in [-0.4, -0.2) is 17.9 Å². The van der Waals surface area contributed by atoms with Crippen LogP contribution >= 0.6 is 0 Å². The smallest absolute Gasteiger partial charge is 0.255 e. The van der Waals surface area contributed by atoms with Crippen LogP contribution in [0.15, 0.2) is 60.7 Å². The van der Waals surface area contributed by atoms with Gasteiger partial charge in [0.05, 0.1) is 5.56 Å². The van der Waals surface area contributed by atoms with E-state index in [-0.39, 0.29) is 6.42 Å². The number of benzene rings is 3. The molecule has 0 saturated heterocycles. The molecule has 0 bridgehead atoms. The first-order chi connectivity index (χ1) is 12.5. The minimum atomic E-state index is -1.27. The molecule has 0 saturated carbocycles. The fourth-order valence-electron chi connectivity index (χ4n) is 2.83. The van der Waals surface area contributed by atoms with Gasteiger partial charge in [-0.3, -0.25) is 9.59 Å². The van der Waals surface area contributed by atoms with Crippen molar-refractivity contribution in [2.24, 2.45) is 5.73 Å². The van der Waals surface area contributed by atoms with Crippen LogP contribution in [-0.2, 0) is 11.2 Å². The van der Waals surface area contributed by atoms with Crippen LogP contribution in [0.3, 0.4) is 0 Å². The number of carbonyl (C=O) groups is 2. The topological polar surface area (TPSA) is 72.2 Å². The van der Waals surface area contributed by atoms with E-state index < -0.39 is 35.1 Å². The maximum absolute atomic E-state index is 13.8. The third-order valence-corrected chi connectivity index (χ3v) is 4.15. The van der Waals surface area contributed by atoms with Gasteiger partial charge in [0, 0.05) is 6.42 Å². The average Bonchev–Trinajstić information content (AvgIpc) is 2.63. The monoisotopic (exact) mass is 354 g/mol. The highest BCUT2D eigenvalue weighted by atomic mass is 19.2. The Hall–Kier alpha value is -3.28. The van der Waals surface area contributed by atoms with Gasteiger partial charge < -0.3 is 11.1 Å². The lowest BCUT2D eigenvalue weighted by atomic mass is 9.98. The molecule has 132 valence electrons. The lowest BCUT2D eigenvalue weighted by Gasteiger charge is -2.17. The van der Waals surface area contributed by atoms with Crippen molar-refractivity contribution in [2.45, 2.75) is 12.5 Å². The molecule has 0 aliphatic carbocycles. The van der Waals surface area contributed by atoms with Gasteiger partial charge in [-0.2, -0.15) is 0 Å². The summed E-state index contributed by atoms with van der Waals surface area (Å²) in [5.74, 6) is -4.06. The highest BCUT2D eigenvalue weighted by Gasteiger charge is 2.23. The number of hydrogen-bond donors (Lipinski definition) is 2. The van der Waals surface area contributed by atoms with Crippen molar-refractivity contribution in [3.05, 3.63) is 83.4 Å². The van der Waals surface area contributed by atoms with Crippen LogP contribution in [0.4, 0.5) is 8.78 Å². The van der Waals surface area contributed by atoms with Crippen LogP contribution < -0.4 is 11.1 Å². The van der Waals surface area contributed by atoms with Crippen LogP contribution in [0.25, 0.3) is 10.8 Å². The number of fused-ring (bicyclic) bond motifs is 1. The van der Waals surface area contributed by atoms with Gasteiger partial charge in [-0.1, -0.05) is 48.5 Å². The Labute approximate surface area is 148 Å². The summed E-state index contributed by atoms with van der Waals surface area (Å²) in [6.07, 6.45) is 0.138. The molecule has 0 radical (unpaired) electrons. The van der Waals surface area contributed by atoms with E-state index in [4.69, 9.17) is 5.73 Å². The van der Waals surface area contributed by atoms with E-state index in [1.54, 1.807) is 0 Å². The molecular weight excluding hydrogens is 338 g/mol. The maximum atomic E-state index is 13.8. The number of nitrogens with one attached hydrogen (secondary N) is 1. The number of halogens is 2. The molecule has 3 N–H and O–H groups in total. The van der Waals surface area contributed by atoms with Crippen molar-refractivity contribution in [3.8, 4) is 0 Å². The Morgan fingerprint density at radius 1 is 0.962 bits per heavy atom.